The summed E-state index contributed by atoms with van der Waals surface area (Å²) < 4.78 is 0. The number of amides is 1. The zero-order valence-corrected chi connectivity index (χ0v) is 10.4. The molecular weight excluding hydrogens is 198 g/mol. The first-order chi connectivity index (χ1) is 7.72. The first-order valence-electron chi connectivity index (χ1n) is 6.03. The maximum Gasteiger partial charge on any atom is 0.248 e. The minimum absolute atomic E-state index is 0.345. The molecule has 0 aliphatic rings. The van der Waals surface area contributed by atoms with Crippen LogP contribution in [0.3, 0.4) is 0 Å². The highest BCUT2D eigenvalue weighted by atomic mass is 16.1. The monoisotopic (exact) mass is 221 g/mol. The van der Waals surface area contributed by atoms with E-state index in [0.717, 1.165) is 25.7 Å². The summed E-state index contributed by atoms with van der Waals surface area (Å²) in [5.74, 6) is -0.345. The van der Waals surface area contributed by atoms with E-state index in [4.69, 9.17) is 5.73 Å². The second-order valence-electron chi connectivity index (χ2n) is 3.67. The number of rotatable bonds is 8. The lowest BCUT2D eigenvalue weighted by Gasteiger charge is -1.95. The van der Waals surface area contributed by atoms with Crippen LogP contribution in [-0.4, -0.2) is 5.91 Å². The third-order valence-corrected chi connectivity index (χ3v) is 2.14. The van der Waals surface area contributed by atoms with Crippen LogP contribution < -0.4 is 5.73 Å². The lowest BCUT2D eigenvalue weighted by Crippen LogP contribution is -2.12. The molecule has 1 amide bonds. The predicted octanol–water partition coefficient (Wildman–Crippen LogP) is 3.50. The summed E-state index contributed by atoms with van der Waals surface area (Å²) >= 11 is 0. The Labute approximate surface area is 98.9 Å². The summed E-state index contributed by atoms with van der Waals surface area (Å²) in [4.78, 5) is 11.1. The van der Waals surface area contributed by atoms with Crippen molar-refractivity contribution in [2.45, 2.75) is 46.0 Å². The molecule has 0 unspecified atom stereocenters. The van der Waals surface area contributed by atoms with Crippen molar-refractivity contribution in [1.29, 1.82) is 0 Å². The lowest BCUT2D eigenvalue weighted by molar-refractivity contribution is -0.114. The van der Waals surface area contributed by atoms with Gasteiger partial charge in [-0.3, -0.25) is 4.79 Å². The molecule has 0 aromatic rings. The second kappa shape index (κ2) is 10.2. The Balaban J connectivity index is 4.05. The van der Waals surface area contributed by atoms with Crippen molar-refractivity contribution in [3.63, 3.8) is 0 Å². The van der Waals surface area contributed by atoms with Gasteiger partial charge in [0.25, 0.3) is 0 Å². The Morgan fingerprint density at radius 3 is 2.31 bits per heavy atom. The molecule has 0 fully saturated rings. The third-order valence-electron chi connectivity index (χ3n) is 2.14. The van der Waals surface area contributed by atoms with E-state index in [0.29, 0.717) is 5.57 Å². The minimum Gasteiger partial charge on any atom is -0.366 e. The highest BCUT2D eigenvalue weighted by Gasteiger charge is 1.97. The van der Waals surface area contributed by atoms with Crippen molar-refractivity contribution in [1.82, 2.24) is 0 Å². The maximum absolute atomic E-state index is 11.1. The van der Waals surface area contributed by atoms with Crippen molar-refractivity contribution in [3.05, 3.63) is 36.0 Å². The molecule has 0 radical (unpaired) electrons. The van der Waals surface area contributed by atoms with Crippen LogP contribution in [0.4, 0.5) is 0 Å². The van der Waals surface area contributed by atoms with Crippen LogP contribution in [0.1, 0.15) is 46.0 Å². The largest absolute Gasteiger partial charge is 0.366 e. The lowest BCUT2D eigenvalue weighted by atomic mass is 10.1. The smallest absolute Gasteiger partial charge is 0.248 e. The number of carbonyl (C=O) groups is 1. The van der Waals surface area contributed by atoms with Crippen LogP contribution in [0.15, 0.2) is 36.0 Å². The van der Waals surface area contributed by atoms with E-state index in [1.165, 1.54) is 6.42 Å². The summed E-state index contributed by atoms with van der Waals surface area (Å²) in [5, 5.41) is 0. The van der Waals surface area contributed by atoms with Gasteiger partial charge in [0.1, 0.15) is 0 Å². The highest BCUT2D eigenvalue weighted by Crippen LogP contribution is 2.03. The number of hydrogen-bond donors (Lipinski definition) is 1. The SMILES string of the molecule is CC/C=C/C(=C\CC/C=C/CCC)C(N)=O. The molecule has 2 heteroatoms. The normalized spacial score (nSPS) is 12.8. The van der Waals surface area contributed by atoms with Gasteiger partial charge in [-0.15, -0.1) is 0 Å². The molecule has 0 heterocycles. The summed E-state index contributed by atoms with van der Waals surface area (Å²) in [7, 11) is 0. The minimum atomic E-state index is -0.345. The molecule has 2 N–H and O–H groups in total. The van der Waals surface area contributed by atoms with Gasteiger partial charge in [-0.05, 0) is 25.7 Å². The topological polar surface area (TPSA) is 43.1 Å². The Morgan fingerprint density at radius 2 is 1.75 bits per heavy atom. The molecule has 90 valence electrons. The molecule has 0 rings (SSSR count). The summed E-state index contributed by atoms with van der Waals surface area (Å²) in [5.41, 5.74) is 5.88. The zero-order chi connectivity index (χ0) is 12.2. The summed E-state index contributed by atoms with van der Waals surface area (Å²) in [6, 6.07) is 0. The highest BCUT2D eigenvalue weighted by molar-refractivity contribution is 5.94. The predicted molar refractivity (Wildman–Crippen MR) is 70.0 cm³/mol. The van der Waals surface area contributed by atoms with Crippen molar-refractivity contribution in [2.24, 2.45) is 5.73 Å². The van der Waals surface area contributed by atoms with Crippen LogP contribution in [0.25, 0.3) is 0 Å². The van der Waals surface area contributed by atoms with Crippen LogP contribution in [-0.2, 0) is 4.79 Å². The fraction of sp³-hybridized carbons (Fsp3) is 0.500. The molecule has 0 spiro atoms. The second-order valence-corrected chi connectivity index (χ2v) is 3.67. The van der Waals surface area contributed by atoms with Gasteiger partial charge < -0.3 is 5.73 Å². The number of unbranched alkanes of at least 4 members (excludes halogenated alkanes) is 2. The number of carbonyl (C=O) groups excluding carboxylic acids is 1. The number of allylic oxidation sites excluding steroid dienone is 4. The van der Waals surface area contributed by atoms with Gasteiger partial charge in [0.2, 0.25) is 5.91 Å². The van der Waals surface area contributed by atoms with E-state index < -0.39 is 0 Å². The quantitative estimate of drug-likeness (QED) is 0.290. The van der Waals surface area contributed by atoms with Gasteiger partial charge in [-0.2, -0.15) is 0 Å². The molecule has 0 bridgehead atoms. The van der Waals surface area contributed by atoms with Crippen molar-refractivity contribution < 1.29 is 4.79 Å². The summed E-state index contributed by atoms with van der Waals surface area (Å²) in [6.45, 7) is 4.19. The van der Waals surface area contributed by atoms with Crippen LogP contribution in [0.2, 0.25) is 0 Å². The van der Waals surface area contributed by atoms with Crippen LogP contribution in [0, 0.1) is 0 Å². The van der Waals surface area contributed by atoms with Gasteiger partial charge in [0.05, 0.1) is 0 Å². The van der Waals surface area contributed by atoms with Crippen molar-refractivity contribution in [2.75, 3.05) is 0 Å². The van der Waals surface area contributed by atoms with E-state index in [1.54, 1.807) is 6.08 Å². The Hall–Kier alpha value is -1.31. The molecule has 0 aromatic heterocycles. The average Bonchev–Trinajstić information content (AvgIpc) is 2.26. The average molecular weight is 221 g/mol. The van der Waals surface area contributed by atoms with E-state index in [-0.39, 0.29) is 5.91 Å². The fourth-order valence-corrected chi connectivity index (χ4v) is 1.23. The van der Waals surface area contributed by atoms with Crippen LogP contribution >= 0.6 is 0 Å². The van der Waals surface area contributed by atoms with Gasteiger partial charge >= 0.3 is 0 Å². The van der Waals surface area contributed by atoms with E-state index in [1.807, 2.05) is 19.1 Å². The van der Waals surface area contributed by atoms with E-state index >= 15 is 0 Å². The number of hydrogen-bond acceptors (Lipinski definition) is 1. The Bertz CT molecular complexity index is 274. The van der Waals surface area contributed by atoms with Gasteiger partial charge in [-0.25, -0.2) is 0 Å². The fourth-order valence-electron chi connectivity index (χ4n) is 1.23. The molecule has 16 heavy (non-hydrogen) atoms. The molecule has 0 saturated carbocycles. The van der Waals surface area contributed by atoms with Gasteiger partial charge in [0, 0.05) is 5.57 Å². The molecular formula is C14H23NO. The Morgan fingerprint density at radius 1 is 1.06 bits per heavy atom. The van der Waals surface area contributed by atoms with Crippen LogP contribution in [0.5, 0.6) is 0 Å². The van der Waals surface area contributed by atoms with Crippen molar-refractivity contribution in [3.8, 4) is 0 Å². The third kappa shape index (κ3) is 8.04. The molecule has 2 nitrogen and oxygen atoms in total. The number of primary amides is 1. The van der Waals surface area contributed by atoms with Gasteiger partial charge in [-0.1, -0.05) is 50.6 Å². The van der Waals surface area contributed by atoms with Crippen molar-refractivity contribution >= 4 is 5.91 Å². The van der Waals surface area contributed by atoms with Gasteiger partial charge in [0.15, 0.2) is 0 Å². The van der Waals surface area contributed by atoms with E-state index in [2.05, 4.69) is 19.1 Å². The zero-order valence-electron chi connectivity index (χ0n) is 10.4. The molecule has 0 aromatic carbocycles. The summed E-state index contributed by atoms with van der Waals surface area (Å²) in [6.07, 6.45) is 15.1. The number of nitrogens with two attached hydrogens (primary N) is 1. The molecule has 0 saturated heterocycles. The van der Waals surface area contributed by atoms with E-state index in [9.17, 15) is 4.79 Å². The molecule has 0 atom stereocenters. The molecule has 0 aliphatic carbocycles. The first kappa shape index (κ1) is 14.7. The standard InChI is InChI=1S/C14H23NO/c1-3-5-7-8-9-10-12-13(14(15)16)11-6-4-2/h6-8,11-12H,3-5,9-10H2,1-2H3,(H2,15,16)/b8-7+,11-6+,13-12+. The molecule has 0 aliphatic heterocycles. The first-order valence-corrected chi connectivity index (χ1v) is 6.03. The maximum atomic E-state index is 11.1. The Kier molecular flexibility index (Phi) is 9.38.